The van der Waals surface area contributed by atoms with Crippen LogP contribution in [0.5, 0.6) is 0 Å². The van der Waals surface area contributed by atoms with Crippen LogP contribution in [-0.2, 0) is 6.54 Å². The van der Waals surface area contributed by atoms with Gasteiger partial charge in [-0.15, -0.1) is 11.3 Å². The summed E-state index contributed by atoms with van der Waals surface area (Å²) in [5.41, 5.74) is 2.52. The van der Waals surface area contributed by atoms with E-state index in [-0.39, 0.29) is 24.8 Å². The monoisotopic (exact) mass is 529 g/mol. The minimum absolute atomic E-state index is 0.0251. The summed E-state index contributed by atoms with van der Waals surface area (Å²) in [5.74, 6) is 0.666. The van der Waals surface area contributed by atoms with Crippen molar-refractivity contribution in [3.63, 3.8) is 0 Å². The highest BCUT2D eigenvalue weighted by molar-refractivity contribution is 7.17. The van der Waals surface area contributed by atoms with Gasteiger partial charge >= 0.3 is 0 Å². The molecule has 5 rings (SSSR count). The van der Waals surface area contributed by atoms with Crippen molar-refractivity contribution in [1.82, 2.24) is 14.7 Å². The first kappa shape index (κ1) is 25.4. The molecule has 3 aromatic heterocycles. The molecule has 0 atom stereocenters. The van der Waals surface area contributed by atoms with E-state index in [2.05, 4.69) is 20.8 Å². The molecule has 0 radical (unpaired) electrons. The zero-order chi connectivity index (χ0) is 26.9. The molecule has 0 aliphatic heterocycles. The average Bonchev–Trinajstić information content (AvgIpc) is 3.61. The smallest absolute Gasteiger partial charge is 0.268 e. The quantitative estimate of drug-likeness (QED) is 0.219. The number of carbonyl (C=O) groups excluding carboxylic acids is 2. The molecule has 0 aliphatic rings. The second kappa shape index (κ2) is 10.2. The lowest BCUT2D eigenvalue weighted by Crippen LogP contribution is -2.27. The van der Waals surface area contributed by atoms with Gasteiger partial charge in [-0.25, -0.2) is 4.98 Å². The number of benzene rings is 2. The van der Waals surface area contributed by atoms with Gasteiger partial charge in [-0.1, -0.05) is 35.5 Å². The van der Waals surface area contributed by atoms with Crippen molar-refractivity contribution < 1.29 is 19.2 Å². The van der Waals surface area contributed by atoms with E-state index in [1.165, 1.54) is 11.3 Å². The molecule has 1 amide bonds. The summed E-state index contributed by atoms with van der Waals surface area (Å²) < 4.78 is 6.92. The van der Waals surface area contributed by atoms with Crippen molar-refractivity contribution >= 4 is 45.7 Å². The van der Waals surface area contributed by atoms with Gasteiger partial charge in [0.2, 0.25) is 5.95 Å². The lowest BCUT2D eigenvalue weighted by Gasteiger charge is -2.20. The van der Waals surface area contributed by atoms with E-state index < -0.39 is 5.60 Å². The number of hydrogen-bond donors (Lipinski definition) is 3. The van der Waals surface area contributed by atoms with Crippen LogP contribution in [0.1, 0.15) is 39.6 Å². The Labute approximate surface area is 223 Å². The van der Waals surface area contributed by atoms with Gasteiger partial charge in [0.1, 0.15) is 5.76 Å². The Hall–Kier alpha value is -4.28. The SMILES string of the molecule is Cc1oncc1-c1ccc(C(=O)Nc2nc3cc(NCC(=O)c4ccccc4)ccc3n2CC(C)(C)O)s1. The van der Waals surface area contributed by atoms with Crippen LogP contribution in [0.4, 0.5) is 11.6 Å². The van der Waals surface area contributed by atoms with Crippen LogP contribution in [0.15, 0.2) is 71.4 Å². The molecule has 2 aromatic carbocycles. The fourth-order valence-corrected chi connectivity index (χ4v) is 5.05. The average molecular weight is 530 g/mol. The Morgan fingerprint density at radius 2 is 1.89 bits per heavy atom. The highest BCUT2D eigenvalue weighted by Gasteiger charge is 2.22. The highest BCUT2D eigenvalue weighted by atomic mass is 32.1. The van der Waals surface area contributed by atoms with E-state index in [0.717, 1.165) is 21.6 Å². The first-order valence-corrected chi connectivity index (χ1v) is 12.9. The van der Waals surface area contributed by atoms with Crippen molar-refractivity contribution in [2.75, 3.05) is 17.2 Å². The number of fused-ring (bicyclic) bond motifs is 1. The van der Waals surface area contributed by atoms with Crippen LogP contribution in [0.3, 0.4) is 0 Å². The van der Waals surface area contributed by atoms with Gasteiger partial charge in [-0.2, -0.15) is 0 Å². The first-order valence-electron chi connectivity index (χ1n) is 12.1. The summed E-state index contributed by atoms with van der Waals surface area (Å²) in [5, 5.41) is 20.4. The topological polar surface area (TPSA) is 122 Å². The van der Waals surface area contributed by atoms with Gasteiger partial charge in [0.05, 0.1) is 46.4 Å². The third-order valence-electron chi connectivity index (χ3n) is 5.91. The number of rotatable bonds is 9. The number of Topliss-reactive ketones (excluding diaryl/α,β-unsaturated/α-hetero) is 1. The van der Waals surface area contributed by atoms with Crippen LogP contribution in [0.25, 0.3) is 21.5 Å². The maximum absolute atomic E-state index is 13.2. The van der Waals surface area contributed by atoms with E-state index in [9.17, 15) is 14.7 Å². The van der Waals surface area contributed by atoms with E-state index in [4.69, 9.17) is 4.52 Å². The van der Waals surface area contributed by atoms with Crippen LogP contribution in [0, 0.1) is 6.92 Å². The van der Waals surface area contributed by atoms with Gasteiger partial charge in [-0.05, 0) is 51.1 Å². The number of imidazole rings is 1. The number of hydrogen-bond acceptors (Lipinski definition) is 8. The van der Waals surface area contributed by atoms with Crippen LogP contribution in [-0.4, -0.2) is 43.7 Å². The van der Waals surface area contributed by atoms with Gasteiger partial charge in [0, 0.05) is 16.1 Å². The summed E-state index contributed by atoms with van der Waals surface area (Å²) >= 11 is 1.33. The van der Waals surface area contributed by atoms with Crippen LogP contribution >= 0.6 is 11.3 Å². The molecule has 0 aliphatic carbocycles. The van der Waals surface area contributed by atoms with Gasteiger partial charge < -0.3 is 19.5 Å². The highest BCUT2D eigenvalue weighted by Crippen LogP contribution is 2.31. The summed E-state index contributed by atoms with van der Waals surface area (Å²) in [7, 11) is 0. The minimum atomic E-state index is -1.05. The third-order valence-corrected chi connectivity index (χ3v) is 7.03. The zero-order valence-electron chi connectivity index (χ0n) is 21.2. The Kier molecular flexibility index (Phi) is 6.83. The maximum Gasteiger partial charge on any atom is 0.268 e. The summed E-state index contributed by atoms with van der Waals surface area (Å²) in [6.07, 6.45) is 1.63. The number of carbonyl (C=O) groups is 2. The van der Waals surface area contributed by atoms with Crippen molar-refractivity contribution in [2.45, 2.75) is 32.9 Å². The van der Waals surface area contributed by atoms with E-state index in [1.807, 2.05) is 49.4 Å². The third kappa shape index (κ3) is 5.51. The largest absolute Gasteiger partial charge is 0.389 e. The standard InChI is InChI=1S/C28H27N5O4S/c1-17-20(14-30-37-17)24-11-12-25(38-24)26(35)32-27-31-21-13-19(9-10-22(21)33(27)16-28(2,3)36)29-15-23(34)18-7-5-4-6-8-18/h4-14,29,36H,15-16H2,1-3H3,(H,31,32,35). The fourth-order valence-electron chi connectivity index (χ4n) is 4.09. The number of ketones is 1. The Morgan fingerprint density at radius 3 is 2.61 bits per heavy atom. The normalized spacial score (nSPS) is 11.6. The van der Waals surface area contributed by atoms with E-state index >= 15 is 0 Å². The summed E-state index contributed by atoms with van der Waals surface area (Å²) in [6.45, 7) is 5.57. The number of aliphatic hydroxyl groups is 1. The molecular formula is C28H27N5O4S. The second-order valence-corrected chi connectivity index (χ2v) is 10.7. The molecule has 10 heteroatoms. The second-order valence-electron chi connectivity index (χ2n) is 9.59. The van der Waals surface area contributed by atoms with Crippen molar-refractivity contribution in [1.29, 1.82) is 0 Å². The molecule has 0 unspecified atom stereocenters. The molecule has 3 heterocycles. The van der Waals surface area contributed by atoms with Gasteiger partial charge in [0.25, 0.3) is 5.91 Å². The molecular weight excluding hydrogens is 502 g/mol. The molecule has 0 bridgehead atoms. The Bertz CT molecular complexity index is 1610. The predicted molar refractivity (Wildman–Crippen MR) is 148 cm³/mol. The van der Waals surface area contributed by atoms with Crippen LogP contribution < -0.4 is 10.6 Å². The zero-order valence-corrected chi connectivity index (χ0v) is 22.0. The number of thiophene rings is 1. The first-order chi connectivity index (χ1) is 18.2. The molecule has 0 saturated heterocycles. The molecule has 3 N–H and O–H groups in total. The molecule has 0 saturated carbocycles. The van der Waals surface area contributed by atoms with Crippen molar-refractivity contribution in [3.05, 3.63) is 83.1 Å². The number of aryl methyl sites for hydroxylation is 1. The number of amides is 1. The summed E-state index contributed by atoms with van der Waals surface area (Å²) in [4.78, 5) is 31.7. The number of nitrogens with one attached hydrogen (secondary N) is 2. The Balaban J connectivity index is 1.39. The van der Waals surface area contributed by atoms with Gasteiger partial charge in [0.15, 0.2) is 5.78 Å². The molecule has 194 valence electrons. The summed E-state index contributed by atoms with van der Waals surface area (Å²) in [6, 6.07) is 18.2. The molecule has 0 spiro atoms. The van der Waals surface area contributed by atoms with Crippen molar-refractivity contribution in [2.24, 2.45) is 0 Å². The lowest BCUT2D eigenvalue weighted by molar-refractivity contribution is 0.0630. The van der Waals surface area contributed by atoms with Crippen LogP contribution in [0.2, 0.25) is 0 Å². The van der Waals surface area contributed by atoms with E-state index in [1.54, 1.807) is 42.8 Å². The molecule has 0 fully saturated rings. The number of aromatic nitrogens is 3. The Morgan fingerprint density at radius 1 is 1.11 bits per heavy atom. The minimum Gasteiger partial charge on any atom is -0.389 e. The molecule has 9 nitrogen and oxygen atoms in total. The van der Waals surface area contributed by atoms with Gasteiger partial charge in [-0.3, -0.25) is 14.9 Å². The molecule has 5 aromatic rings. The lowest BCUT2D eigenvalue weighted by atomic mass is 10.1. The number of nitrogens with zero attached hydrogens (tertiary/aromatic N) is 3. The molecule has 38 heavy (non-hydrogen) atoms. The van der Waals surface area contributed by atoms with E-state index in [0.29, 0.717) is 27.7 Å². The van der Waals surface area contributed by atoms with Crippen molar-refractivity contribution in [3.8, 4) is 10.4 Å². The maximum atomic E-state index is 13.2. The predicted octanol–water partition coefficient (Wildman–Crippen LogP) is 5.38. The number of anilines is 2. The fraction of sp³-hybridized carbons (Fsp3) is 0.214.